The van der Waals surface area contributed by atoms with E-state index >= 15 is 0 Å². The van der Waals surface area contributed by atoms with Crippen molar-refractivity contribution < 1.29 is 18.7 Å². The lowest BCUT2D eigenvalue weighted by molar-refractivity contribution is -0.137. The van der Waals surface area contributed by atoms with Crippen molar-refractivity contribution in [2.45, 2.75) is 19.4 Å². The number of carbonyl (C=O) groups is 1. The maximum atomic E-state index is 15.0. The molecule has 5 aromatic rings. The van der Waals surface area contributed by atoms with Crippen molar-refractivity contribution in [3.8, 4) is 11.3 Å². The molecule has 0 radical (unpaired) electrons. The van der Waals surface area contributed by atoms with Gasteiger partial charge in [-0.15, -0.1) is 17.9 Å². The van der Waals surface area contributed by atoms with Gasteiger partial charge in [0, 0.05) is 17.3 Å². The van der Waals surface area contributed by atoms with Gasteiger partial charge in [0.05, 0.1) is 15.4 Å². The first kappa shape index (κ1) is 22.0. The van der Waals surface area contributed by atoms with E-state index in [1.165, 1.54) is 12.1 Å². The molecule has 3 aromatic carbocycles. The molecular weight excluding hydrogens is 454 g/mol. The minimum absolute atomic E-state index is 0.0207. The van der Waals surface area contributed by atoms with E-state index in [1.807, 2.05) is 54.6 Å². The Morgan fingerprint density at radius 2 is 1.85 bits per heavy atom. The normalized spacial score (nSPS) is 11.4. The first-order valence-electron chi connectivity index (χ1n) is 10.7. The van der Waals surface area contributed by atoms with Gasteiger partial charge in [-0.25, -0.2) is 13.8 Å². The summed E-state index contributed by atoms with van der Waals surface area (Å²) < 4.78 is 31.7. The van der Waals surface area contributed by atoms with Crippen molar-refractivity contribution in [1.82, 2.24) is 9.55 Å². The molecule has 2 aromatic heterocycles. The van der Waals surface area contributed by atoms with E-state index in [9.17, 15) is 18.7 Å². The molecule has 0 atom stereocenters. The monoisotopic (exact) mass is 474 g/mol. The highest BCUT2D eigenvalue weighted by molar-refractivity contribution is 7.18. The smallest absolute Gasteiger partial charge is 0.323 e. The number of nitrogens with zero attached hydrogens (tertiary/aromatic N) is 2. The van der Waals surface area contributed by atoms with E-state index in [-0.39, 0.29) is 28.7 Å². The predicted octanol–water partition coefficient (Wildman–Crippen LogP) is 6.60. The molecule has 0 spiro atoms. The molecular formula is C27H20F2N2O2S. The number of aliphatic carboxylic acids is 1. The fraction of sp³-hybridized carbons (Fsp3) is 0.111. The van der Waals surface area contributed by atoms with E-state index in [2.05, 4.69) is 11.6 Å². The van der Waals surface area contributed by atoms with Gasteiger partial charge in [0.2, 0.25) is 0 Å². The number of benzene rings is 3. The van der Waals surface area contributed by atoms with Gasteiger partial charge in [0.25, 0.3) is 0 Å². The zero-order valence-electron chi connectivity index (χ0n) is 18.1. The molecule has 0 aliphatic rings. The molecule has 4 nitrogen and oxygen atoms in total. The summed E-state index contributed by atoms with van der Waals surface area (Å²) in [5.74, 6) is -1.99. The molecule has 7 heteroatoms. The molecule has 0 aliphatic heterocycles. The zero-order chi connectivity index (χ0) is 23.8. The molecule has 1 N–H and O–H groups in total. The number of rotatable bonds is 7. The number of para-hydroxylation sites is 1. The van der Waals surface area contributed by atoms with Crippen LogP contribution in [0.1, 0.15) is 16.1 Å². The quantitative estimate of drug-likeness (QED) is 0.270. The van der Waals surface area contributed by atoms with E-state index in [1.54, 1.807) is 4.57 Å². The first-order chi connectivity index (χ1) is 16.5. The highest BCUT2D eigenvalue weighted by Crippen LogP contribution is 2.37. The third-order valence-electron chi connectivity index (χ3n) is 5.79. The van der Waals surface area contributed by atoms with Crippen LogP contribution in [0.4, 0.5) is 8.78 Å². The Labute approximate surface area is 198 Å². The zero-order valence-corrected chi connectivity index (χ0v) is 18.9. The Morgan fingerprint density at radius 3 is 2.59 bits per heavy atom. The second kappa shape index (κ2) is 8.83. The average Bonchev–Trinajstić information content (AvgIpc) is 3.39. The predicted molar refractivity (Wildman–Crippen MR) is 131 cm³/mol. The van der Waals surface area contributed by atoms with Crippen LogP contribution in [0.25, 0.3) is 32.4 Å². The Morgan fingerprint density at radius 1 is 1.12 bits per heavy atom. The number of carboxylic acid groups (broad SMARTS) is 1. The number of allylic oxidation sites excluding steroid dienone is 1. The summed E-state index contributed by atoms with van der Waals surface area (Å²) >= 11 is 1.12. The summed E-state index contributed by atoms with van der Waals surface area (Å²) in [4.78, 5) is 16.2. The number of aromatic nitrogens is 2. The van der Waals surface area contributed by atoms with Crippen molar-refractivity contribution in [1.29, 1.82) is 0 Å². The molecule has 0 aliphatic carbocycles. The third-order valence-corrected chi connectivity index (χ3v) is 6.85. The van der Waals surface area contributed by atoms with Gasteiger partial charge < -0.3 is 9.67 Å². The van der Waals surface area contributed by atoms with E-state index in [0.717, 1.165) is 39.1 Å². The van der Waals surface area contributed by atoms with Crippen LogP contribution in [0.2, 0.25) is 0 Å². The van der Waals surface area contributed by atoms with Gasteiger partial charge in [-0.2, -0.15) is 0 Å². The van der Waals surface area contributed by atoms with Crippen LogP contribution in [0.3, 0.4) is 0 Å². The van der Waals surface area contributed by atoms with Gasteiger partial charge in [-0.05, 0) is 35.2 Å². The molecule has 5 rings (SSSR count). The fourth-order valence-electron chi connectivity index (χ4n) is 4.42. The molecule has 170 valence electrons. The topological polar surface area (TPSA) is 55.1 Å². The van der Waals surface area contributed by atoms with Crippen molar-refractivity contribution in [3.63, 3.8) is 0 Å². The molecule has 0 saturated heterocycles. The van der Waals surface area contributed by atoms with E-state index in [4.69, 9.17) is 0 Å². The summed E-state index contributed by atoms with van der Waals surface area (Å²) in [5, 5.41) is 11.0. The van der Waals surface area contributed by atoms with Gasteiger partial charge in [-0.1, -0.05) is 54.6 Å². The number of fused-ring (bicyclic) bond motifs is 2. The first-order valence-corrected chi connectivity index (χ1v) is 11.5. The Kier molecular flexibility index (Phi) is 5.71. The van der Waals surface area contributed by atoms with Crippen LogP contribution < -0.4 is 0 Å². The molecule has 0 saturated carbocycles. The number of thiazole rings is 1. The summed E-state index contributed by atoms with van der Waals surface area (Å²) in [6.45, 7) is 3.40. The van der Waals surface area contributed by atoms with Gasteiger partial charge in [0.1, 0.15) is 17.9 Å². The van der Waals surface area contributed by atoms with Crippen LogP contribution in [0.15, 0.2) is 73.3 Å². The van der Waals surface area contributed by atoms with Crippen molar-refractivity contribution >= 4 is 38.4 Å². The van der Waals surface area contributed by atoms with Gasteiger partial charge >= 0.3 is 5.97 Å². The number of hydrogen-bond acceptors (Lipinski definition) is 3. The lowest BCUT2D eigenvalue weighted by Crippen LogP contribution is -2.10. The summed E-state index contributed by atoms with van der Waals surface area (Å²) in [6.07, 6.45) is 2.05. The minimum Gasteiger partial charge on any atom is -0.480 e. The van der Waals surface area contributed by atoms with Crippen molar-refractivity contribution in [3.05, 3.63) is 101 Å². The number of halogens is 2. The summed E-state index contributed by atoms with van der Waals surface area (Å²) in [6, 6.07) is 18.3. The maximum absolute atomic E-state index is 15.0. The largest absolute Gasteiger partial charge is 0.480 e. The number of carboxylic acids is 1. The van der Waals surface area contributed by atoms with Gasteiger partial charge in [-0.3, -0.25) is 4.79 Å². The lowest BCUT2D eigenvalue weighted by atomic mass is 10.0. The summed E-state index contributed by atoms with van der Waals surface area (Å²) in [7, 11) is 0. The van der Waals surface area contributed by atoms with Crippen LogP contribution in [-0.2, 0) is 24.2 Å². The molecule has 0 bridgehead atoms. The second-order valence-corrected chi connectivity index (χ2v) is 9.06. The summed E-state index contributed by atoms with van der Waals surface area (Å²) in [5.41, 5.74) is 3.52. The van der Waals surface area contributed by atoms with Crippen molar-refractivity contribution in [2.75, 3.05) is 0 Å². The van der Waals surface area contributed by atoms with Crippen LogP contribution >= 0.6 is 11.3 Å². The molecule has 34 heavy (non-hydrogen) atoms. The molecule has 2 heterocycles. The molecule has 0 amide bonds. The van der Waals surface area contributed by atoms with Crippen LogP contribution in [0, 0.1) is 11.6 Å². The maximum Gasteiger partial charge on any atom is 0.323 e. The third kappa shape index (κ3) is 3.78. The minimum atomic E-state index is -0.955. The highest BCUT2D eigenvalue weighted by atomic mass is 32.1. The molecule has 0 unspecified atom stereocenters. The lowest BCUT2D eigenvalue weighted by Gasteiger charge is -2.10. The Bertz CT molecular complexity index is 1550. The Balaban J connectivity index is 1.72. The van der Waals surface area contributed by atoms with E-state index < -0.39 is 17.6 Å². The van der Waals surface area contributed by atoms with Gasteiger partial charge in [0.15, 0.2) is 5.82 Å². The highest BCUT2D eigenvalue weighted by Gasteiger charge is 2.23. The van der Waals surface area contributed by atoms with Crippen molar-refractivity contribution in [2.24, 2.45) is 0 Å². The number of hydrogen-bond donors (Lipinski definition) is 1. The van der Waals surface area contributed by atoms with E-state index in [0.29, 0.717) is 11.4 Å². The average molecular weight is 475 g/mol. The van der Waals surface area contributed by atoms with Crippen LogP contribution in [-0.4, -0.2) is 20.6 Å². The van der Waals surface area contributed by atoms with Crippen LogP contribution in [0.5, 0.6) is 0 Å². The molecule has 0 fully saturated rings. The Hall–Kier alpha value is -3.84. The standard InChI is InChI=1S/C27H20F2N2O2S/c1-2-8-17-13-20(28)27-25(24(17)29)30-22(34-27)14-19-18-11-6-7-12-21(18)31(15-23(32)33)26(19)16-9-4-3-5-10-16/h2-7,9-13H,1,8,14-15H2,(H,32,33). The second-order valence-electron chi connectivity index (χ2n) is 7.98. The fourth-order valence-corrected chi connectivity index (χ4v) is 5.40. The SMILES string of the molecule is C=CCc1cc(F)c2sc(Cc3c(-c4ccccc4)n(CC(=O)O)c4ccccc34)nc2c1F.